The van der Waals surface area contributed by atoms with E-state index in [0.29, 0.717) is 27.3 Å². The van der Waals surface area contributed by atoms with Crippen LogP contribution in [0.1, 0.15) is 27.2 Å². The summed E-state index contributed by atoms with van der Waals surface area (Å²) in [5.74, 6) is -0.119. The van der Waals surface area contributed by atoms with Gasteiger partial charge in [-0.3, -0.25) is 9.59 Å². The average Bonchev–Trinajstić information content (AvgIpc) is 2.48. The Balaban J connectivity index is 2.29. The third-order valence-corrected chi connectivity index (χ3v) is 3.90. The van der Waals surface area contributed by atoms with Crippen LogP contribution in [0.15, 0.2) is 51.7 Å². The third kappa shape index (κ3) is 2.34. The first-order chi connectivity index (χ1) is 10.5. The molecule has 0 saturated carbocycles. The third-order valence-electron chi connectivity index (χ3n) is 3.57. The number of rotatable bonds is 2. The van der Waals surface area contributed by atoms with Gasteiger partial charge in [-0.2, -0.15) is 0 Å². The van der Waals surface area contributed by atoms with Crippen molar-refractivity contribution in [3.05, 3.63) is 80.2 Å². The number of aryl methyl sites for hydroxylation is 2. The van der Waals surface area contributed by atoms with E-state index < -0.39 is 5.78 Å². The summed E-state index contributed by atoms with van der Waals surface area (Å²) in [5.41, 5.74) is 1.41. The topological polar surface area (TPSA) is 47.3 Å². The SMILES string of the molecule is Cc1ccc2oc(C)c(C(=O)c3ccccc3Cl)c(=O)c2c1. The zero-order valence-corrected chi connectivity index (χ0v) is 12.9. The van der Waals surface area contributed by atoms with Gasteiger partial charge in [0.1, 0.15) is 16.9 Å². The molecule has 3 aromatic rings. The van der Waals surface area contributed by atoms with Gasteiger partial charge in [-0.25, -0.2) is 0 Å². The maximum absolute atomic E-state index is 12.7. The average molecular weight is 313 g/mol. The van der Waals surface area contributed by atoms with Gasteiger partial charge in [-0.1, -0.05) is 35.4 Å². The number of hydrogen-bond acceptors (Lipinski definition) is 3. The highest BCUT2D eigenvalue weighted by atomic mass is 35.5. The van der Waals surface area contributed by atoms with Crippen LogP contribution in [0.25, 0.3) is 11.0 Å². The van der Waals surface area contributed by atoms with Crippen LogP contribution in [0.2, 0.25) is 5.02 Å². The van der Waals surface area contributed by atoms with Crippen molar-refractivity contribution in [3.8, 4) is 0 Å². The van der Waals surface area contributed by atoms with E-state index in [9.17, 15) is 9.59 Å². The van der Waals surface area contributed by atoms with Gasteiger partial charge in [0.15, 0.2) is 0 Å². The molecule has 0 unspecified atom stereocenters. The van der Waals surface area contributed by atoms with E-state index in [0.717, 1.165) is 5.56 Å². The lowest BCUT2D eigenvalue weighted by molar-refractivity contribution is 0.103. The first-order valence-corrected chi connectivity index (χ1v) is 7.20. The molecule has 1 heterocycles. The molecule has 0 aliphatic carbocycles. The smallest absolute Gasteiger partial charge is 0.204 e. The molecule has 0 N–H and O–H groups in total. The minimum Gasteiger partial charge on any atom is -0.460 e. The van der Waals surface area contributed by atoms with Crippen LogP contribution in [0.3, 0.4) is 0 Å². The molecular formula is C18H13ClO3. The number of fused-ring (bicyclic) bond motifs is 1. The van der Waals surface area contributed by atoms with E-state index in [1.807, 2.05) is 13.0 Å². The van der Waals surface area contributed by atoms with Crippen molar-refractivity contribution in [2.75, 3.05) is 0 Å². The van der Waals surface area contributed by atoms with E-state index in [2.05, 4.69) is 0 Å². The van der Waals surface area contributed by atoms with Crippen LogP contribution in [-0.2, 0) is 0 Å². The number of carbonyl (C=O) groups is 1. The zero-order chi connectivity index (χ0) is 15.9. The summed E-state index contributed by atoms with van der Waals surface area (Å²) in [6.45, 7) is 3.50. The van der Waals surface area contributed by atoms with Gasteiger partial charge >= 0.3 is 0 Å². The highest BCUT2D eigenvalue weighted by Gasteiger charge is 2.21. The van der Waals surface area contributed by atoms with Crippen molar-refractivity contribution in [1.29, 1.82) is 0 Å². The van der Waals surface area contributed by atoms with Gasteiger partial charge in [0.25, 0.3) is 0 Å². The lowest BCUT2D eigenvalue weighted by Crippen LogP contribution is -2.18. The molecule has 0 saturated heterocycles. The maximum atomic E-state index is 12.7. The Hall–Kier alpha value is -2.39. The fourth-order valence-electron chi connectivity index (χ4n) is 2.46. The largest absolute Gasteiger partial charge is 0.460 e. The van der Waals surface area contributed by atoms with Gasteiger partial charge in [-0.05, 0) is 38.1 Å². The van der Waals surface area contributed by atoms with Crippen LogP contribution in [0.5, 0.6) is 0 Å². The second-order valence-electron chi connectivity index (χ2n) is 5.17. The van der Waals surface area contributed by atoms with Crippen molar-refractivity contribution >= 4 is 28.4 Å². The lowest BCUT2D eigenvalue weighted by atomic mass is 10.0. The molecule has 0 aliphatic rings. The molecule has 4 heteroatoms. The quantitative estimate of drug-likeness (QED) is 0.663. The Morgan fingerprint density at radius 2 is 1.82 bits per heavy atom. The van der Waals surface area contributed by atoms with Crippen LogP contribution >= 0.6 is 11.6 Å². The minimum absolute atomic E-state index is 0.0335. The number of hydrogen-bond donors (Lipinski definition) is 0. The standard InChI is InChI=1S/C18H13ClO3/c1-10-7-8-15-13(9-10)18(21)16(11(2)22-15)17(20)12-5-3-4-6-14(12)19/h3-9H,1-2H3. The number of benzene rings is 2. The molecule has 3 nitrogen and oxygen atoms in total. The van der Waals surface area contributed by atoms with Gasteiger partial charge < -0.3 is 4.42 Å². The van der Waals surface area contributed by atoms with Crippen molar-refractivity contribution in [2.24, 2.45) is 0 Å². The Morgan fingerprint density at radius 3 is 2.55 bits per heavy atom. The summed E-state index contributed by atoms with van der Waals surface area (Å²) in [6, 6.07) is 12.0. The predicted molar refractivity (Wildman–Crippen MR) is 86.8 cm³/mol. The molecule has 22 heavy (non-hydrogen) atoms. The fourth-order valence-corrected chi connectivity index (χ4v) is 2.69. The molecule has 0 spiro atoms. The number of ketones is 1. The van der Waals surface area contributed by atoms with Crippen molar-refractivity contribution in [2.45, 2.75) is 13.8 Å². The summed E-state index contributed by atoms with van der Waals surface area (Å²) >= 11 is 6.06. The van der Waals surface area contributed by atoms with Gasteiger partial charge in [0.2, 0.25) is 11.2 Å². The maximum Gasteiger partial charge on any atom is 0.204 e. The summed E-state index contributed by atoms with van der Waals surface area (Å²) in [6.07, 6.45) is 0. The molecular weight excluding hydrogens is 300 g/mol. The van der Waals surface area contributed by atoms with Crippen LogP contribution in [0, 0.1) is 13.8 Å². The molecule has 2 aromatic carbocycles. The summed E-state index contributed by atoms with van der Waals surface area (Å²) in [4.78, 5) is 25.4. The van der Waals surface area contributed by atoms with E-state index in [4.69, 9.17) is 16.0 Å². The van der Waals surface area contributed by atoms with Crippen LogP contribution in [-0.4, -0.2) is 5.78 Å². The molecule has 0 aliphatic heterocycles. The Kier molecular flexibility index (Phi) is 3.59. The van der Waals surface area contributed by atoms with Crippen LogP contribution in [0.4, 0.5) is 0 Å². The van der Waals surface area contributed by atoms with Crippen LogP contribution < -0.4 is 5.43 Å². The van der Waals surface area contributed by atoms with Crippen molar-refractivity contribution in [1.82, 2.24) is 0 Å². The van der Waals surface area contributed by atoms with Gasteiger partial charge in [0.05, 0.1) is 10.4 Å². The van der Waals surface area contributed by atoms with Gasteiger partial charge in [-0.15, -0.1) is 0 Å². The molecule has 0 radical (unpaired) electrons. The summed E-state index contributed by atoms with van der Waals surface area (Å²) < 4.78 is 5.65. The minimum atomic E-state index is -0.416. The van der Waals surface area contributed by atoms with E-state index in [1.165, 1.54) is 0 Å². The van der Waals surface area contributed by atoms with Gasteiger partial charge in [0, 0.05) is 5.56 Å². The number of carbonyl (C=O) groups excluding carboxylic acids is 1. The van der Waals surface area contributed by atoms with Crippen molar-refractivity contribution < 1.29 is 9.21 Å². The Labute approximate surface area is 132 Å². The Bertz CT molecular complexity index is 954. The molecule has 110 valence electrons. The first kappa shape index (κ1) is 14.5. The molecule has 0 amide bonds. The first-order valence-electron chi connectivity index (χ1n) is 6.82. The number of halogens is 1. The highest BCUT2D eigenvalue weighted by Crippen LogP contribution is 2.22. The Morgan fingerprint density at radius 1 is 1.09 bits per heavy atom. The lowest BCUT2D eigenvalue weighted by Gasteiger charge is -2.07. The van der Waals surface area contributed by atoms with E-state index >= 15 is 0 Å². The predicted octanol–water partition coefficient (Wildman–Crippen LogP) is 4.29. The molecule has 0 bridgehead atoms. The normalized spacial score (nSPS) is 10.9. The highest BCUT2D eigenvalue weighted by molar-refractivity contribution is 6.35. The molecule has 0 fully saturated rings. The summed E-state index contributed by atoms with van der Waals surface area (Å²) in [5, 5.41) is 0.719. The molecule has 3 rings (SSSR count). The second kappa shape index (κ2) is 5.43. The molecule has 0 atom stereocenters. The zero-order valence-electron chi connectivity index (χ0n) is 12.1. The van der Waals surface area contributed by atoms with E-state index in [-0.39, 0.29) is 11.0 Å². The molecule has 1 aromatic heterocycles. The summed E-state index contributed by atoms with van der Waals surface area (Å²) in [7, 11) is 0. The van der Waals surface area contributed by atoms with E-state index in [1.54, 1.807) is 43.3 Å². The van der Waals surface area contributed by atoms with Crippen molar-refractivity contribution in [3.63, 3.8) is 0 Å². The second-order valence-corrected chi connectivity index (χ2v) is 5.58. The monoisotopic (exact) mass is 312 g/mol. The fraction of sp³-hybridized carbons (Fsp3) is 0.111.